The molecule has 25 heavy (non-hydrogen) atoms. The molecule has 0 N–H and O–H groups in total. The molecule has 2 aliphatic heterocycles. The lowest BCUT2D eigenvalue weighted by Gasteiger charge is -2.53. The average Bonchev–Trinajstić information content (AvgIpc) is 2.62. The van der Waals surface area contributed by atoms with E-state index in [0.717, 1.165) is 44.8 Å². The summed E-state index contributed by atoms with van der Waals surface area (Å²) >= 11 is 0. The Balaban J connectivity index is 1.30. The molecule has 2 aliphatic rings. The van der Waals surface area contributed by atoms with E-state index in [1.54, 1.807) is 25.6 Å². The van der Waals surface area contributed by atoms with Crippen LogP contribution in [0.4, 0.5) is 0 Å². The summed E-state index contributed by atoms with van der Waals surface area (Å²) in [6.07, 6.45) is 5.32. The Hall–Kier alpha value is -2.18. The highest BCUT2D eigenvalue weighted by Gasteiger charge is 2.48. The van der Waals surface area contributed by atoms with Crippen molar-refractivity contribution in [1.82, 2.24) is 14.9 Å². The first-order valence-corrected chi connectivity index (χ1v) is 8.68. The third-order valence-electron chi connectivity index (χ3n) is 4.85. The molecule has 0 saturated carbocycles. The van der Waals surface area contributed by atoms with Gasteiger partial charge in [-0.25, -0.2) is 9.97 Å². The smallest absolute Gasteiger partial charge is 0.316 e. The fourth-order valence-corrected chi connectivity index (χ4v) is 3.67. The van der Waals surface area contributed by atoms with E-state index in [-0.39, 0.29) is 11.7 Å². The van der Waals surface area contributed by atoms with Gasteiger partial charge in [0, 0.05) is 44.9 Å². The molecule has 0 amide bonds. The molecular formula is C19H23N3O3. The molecule has 1 aromatic heterocycles. The Morgan fingerprint density at radius 3 is 2.68 bits per heavy atom. The zero-order valence-electron chi connectivity index (χ0n) is 14.4. The van der Waals surface area contributed by atoms with Crippen LogP contribution < -0.4 is 9.47 Å². The summed E-state index contributed by atoms with van der Waals surface area (Å²) in [4.78, 5) is 10.7. The summed E-state index contributed by atoms with van der Waals surface area (Å²) in [6.45, 7) is 3.54. The predicted molar refractivity (Wildman–Crippen MR) is 92.6 cm³/mol. The highest BCUT2D eigenvalue weighted by Crippen LogP contribution is 2.36. The van der Waals surface area contributed by atoms with Crippen molar-refractivity contribution in [2.45, 2.75) is 31.1 Å². The van der Waals surface area contributed by atoms with Crippen molar-refractivity contribution in [3.05, 3.63) is 48.3 Å². The van der Waals surface area contributed by atoms with Crippen LogP contribution in [-0.2, 0) is 11.3 Å². The van der Waals surface area contributed by atoms with Crippen molar-refractivity contribution in [2.24, 2.45) is 0 Å². The van der Waals surface area contributed by atoms with Crippen molar-refractivity contribution >= 4 is 0 Å². The minimum atomic E-state index is -0.0792. The first kappa shape index (κ1) is 16.3. The maximum atomic E-state index is 6.09. The van der Waals surface area contributed by atoms with Gasteiger partial charge in [-0.3, -0.25) is 4.90 Å². The molecule has 1 unspecified atom stereocenters. The summed E-state index contributed by atoms with van der Waals surface area (Å²) in [6, 6.07) is 10.5. The van der Waals surface area contributed by atoms with Crippen LogP contribution in [0.15, 0.2) is 42.7 Å². The molecule has 4 rings (SSSR count). The molecule has 0 bridgehead atoms. The molecule has 0 aliphatic carbocycles. The molecule has 0 radical (unpaired) electrons. The highest BCUT2D eigenvalue weighted by molar-refractivity contribution is 5.27. The number of likely N-dealkylation sites (tertiary alicyclic amines) is 1. The quantitative estimate of drug-likeness (QED) is 0.832. The van der Waals surface area contributed by atoms with E-state index in [9.17, 15) is 0 Å². The van der Waals surface area contributed by atoms with Gasteiger partial charge in [-0.2, -0.15) is 0 Å². The van der Waals surface area contributed by atoms with E-state index < -0.39 is 0 Å². The van der Waals surface area contributed by atoms with E-state index in [1.807, 2.05) is 12.1 Å². The third kappa shape index (κ3) is 3.75. The molecule has 1 atom stereocenters. The number of nitrogens with zero attached hydrogens (tertiary/aromatic N) is 3. The van der Waals surface area contributed by atoms with Gasteiger partial charge in [0.05, 0.1) is 19.3 Å². The Bertz CT molecular complexity index is 687. The van der Waals surface area contributed by atoms with Gasteiger partial charge < -0.3 is 14.2 Å². The fourth-order valence-electron chi connectivity index (χ4n) is 3.67. The zero-order chi connectivity index (χ0) is 17.1. The number of hydrogen-bond acceptors (Lipinski definition) is 6. The monoisotopic (exact) mass is 341 g/mol. The molecule has 1 spiro atoms. The summed E-state index contributed by atoms with van der Waals surface area (Å²) in [5.74, 6) is 0.891. The molecule has 132 valence electrons. The maximum Gasteiger partial charge on any atom is 0.316 e. The zero-order valence-corrected chi connectivity index (χ0v) is 14.4. The molecule has 6 nitrogen and oxygen atoms in total. The lowest BCUT2D eigenvalue weighted by molar-refractivity contribution is -0.188. The molecular weight excluding hydrogens is 318 g/mol. The van der Waals surface area contributed by atoms with E-state index in [4.69, 9.17) is 14.2 Å². The van der Waals surface area contributed by atoms with Crippen molar-refractivity contribution < 1.29 is 14.2 Å². The minimum absolute atomic E-state index is 0.0792. The van der Waals surface area contributed by atoms with Crippen LogP contribution in [-0.4, -0.2) is 53.4 Å². The van der Waals surface area contributed by atoms with Crippen LogP contribution in [0.25, 0.3) is 0 Å². The SMILES string of the molecule is COc1ccc(CN2CC3(CC(Oc4ncccn4)CCO3)C2)cc1. The Labute approximate surface area is 147 Å². The van der Waals surface area contributed by atoms with Gasteiger partial charge in [0.25, 0.3) is 0 Å². The molecule has 1 aromatic carbocycles. The Morgan fingerprint density at radius 2 is 1.96 bits per heavy atom. The second kappa shape index (κ2) is 6.98. The average molecular weight is 341 g/mol. The van der Waals surface area contributed by atoms with Gasteiger partial charge in [-0.1, -0.05) is 12.1 Å². The van der Waals surface area contributed by atoms with Crippen molar-refractivity contribution in [3.8, 4) is 11.8 Å². The minimum Gasteiger partial charge on any atom is -0.497 e. The Morgan fingerprint density at radius 1 is 1.20 bits per heavy atom. The number of rotatable bonds is 5. The molecule has 2 fully saturated rings. The fraction of sp³-hybridized carbons (Fsp3) is 0.474. The lowest BCUT2D eigenvalue weighted by Crippen LogP contribution is -2.65. The number of benzene rings is 1. The number of methoxy groups -OCH3 is 1. The van der Waals surface area contributed by atoms with Crippen LogP contribution >= 0.6 is 0 Å². The van der Waals surface area contributed by atoms with Gasteiger partial charge in [0.15, 0.2) is 0 Å². The van der Waals surface area contributed by atoms with Crippen LogP contribution in [0.1, 0.15) is 18.4 Å². The topological polar surface area (TPSA) is 56.7 Å². The van der Waals surface area contributed by atoms with Crippen LogP contribution in [0.3, 0.4) is 0 Å². The summed E-state index contributed by atoms with van der Waals surface area (Å²) in [7, 11) is 1.69. The van der Waals surface area contributed by atoms with Gasteiger partial charge in [0.2, 0.25) is 0 Å². The number of aromatic nitrogens is 2. The summed E-state index contributed by atoms with van der Waals surface area (Å²) in [5, 5.41) is 0. The van der Waals surface area contributed by atoms with E-state index >= 15 is 0 Å². The van der Waals surface area contributed by atoms with E-state index in [1.165, 1.54) is 5.56 Å². The van der Waals surface area contributed by atoms with E-state index in [2.05, 4.69) is 27.0 Å². The van der Waals surface area contributed by atoms with Gasteiger partial charge >= 0.3 is 6.01 Å². The summed E-state index contributed by atoms with van der Waals surface area (Å²) < 4.78 is 17.2. The van der Waals surface area contributed by atoms with Crippen molar-refractivity contribution in [1.29, 1.82) is 0 Å². The molecule has 2 saturated heterocycles. The van der Waals surface area contributed by atoms with Crippen molar-refractivity contribution in [3.63, 3.8) is 0 Å². The maximum absolute atomic E-state index is 6.09. The lowest BCUT2D eigenvalue weighted by atomic mass is 9.84. The molecule has 6 heteroatoms. The third-order valence-corrected chi connectivity index (χ3v) is 4.85. The van der Waals surface area contributed by atoms with Crippen LogP contribution in [0.2, 0.25) is 0 Å². The summed E-state index contributed by atoms with van der Waals surface area (Å²) in [5.41, 5.74) is 1.21. The number of ether oxygens (including phenoxy) is 3. The van der Waals surface area contributed by atoms with Gasteiger partial charge in [-0.05, 0) is 23.8 Å². The first-order chi connectivity index (χ1) is 12.2. The van der Waals surface area contributed by atoms with Gasteiger partial charge in [0.1, 0.15) is 11.9 Å². The first-order valence-electron chi connectivity index (χ1n) is 8.68. The Kier molecular flexibility index (Phi) is 4.55. The van der Waals surface area contributed by atoms with Crippen molar-refractivity contribution in [2.75, 3.05) is 26.8 Å². The molecule has 3 heterocycles. The van der Waals surface area contributed by atoms with Crippen LogP contribution in [0, 0.1) is 0 Å². The largest absolute Gasteiger partial charge is 0.497 e. The molecule has 2 aromatic rings. The highest BCUT2D eigenvalue weighted by atomic mass is 16.5. The predicted octanol–water partition coefficient (Wildman–Crippen LogP) is 2.30. The number of hydrogen-bond donors (Lipinski definition) is 0. The second-order valence-corrected chi connectivity index (χ2v) is 6.79. The second-order valence-electron chi connectivity index (χ2n) is 6.79. The normalized spacial score (nSPS) is 22.4. The van der Waals surface area contributed by atoms with Crippen LogP contribution in [0.5, 0.6) is 11.8 Å². The standard InChI is InChI=1S/C19H23N3O3/c1-23-16-5-3-15(4-6-16)12-22-13-19(14-22)11-17(7-10-24-19)25-18-20-8-2-9-21-18/h2-6,8-9,17H,7,10-14H2,1H3. The van der Waals surface area contributed by atoms with Gasteiger partial charge in [-0.15, -0.1) is 0 Å². The van der Waals surface area contributed by atoms with E-state index in [0.29, 0.717) is 6.01 Å².